The number of ketones is 6. The number of ether oxygens (including phenoxy) is 6. The Bertz CT molecular complexity index is 5650. The van der Waals surface area contributed by atoms with E-state index in [1.165, 1.54) is 64.7 Å². The van der Waals surface area contributed by atoms with E-state index in [9.17, 15) is 33.6 Å². The second-order valence-corrected chi connectivity index (χ2v) is 29.3. The molecule has 2 fully saturated rings. The maximum absolute atomic E-state index is 12.2. The van der Waals surface area contributed by atoms with Gasteiger partial charge in [0.25, 0.3) is 0 Å². The Labute approximate surface area is 703 Å². The van der Waals surface area contributed by atoms with Crippen molar-refractivity contribution in [2.45, 2.75) is 64.7 Å². The van der Waals surface area contributed by atoms with Gasteiger partial charge in [0.2, 0.25) is 40.6 Å². The molecule has 0 atom stereocenters. The molecule has 0 bridgehead atoms. The normalized spacial score (nSPS) is 16.5. The van der Waals surface area contributed by atoms with Crippen LogP contribution in [0, 0.1) is 20.8 Å². The number of furan rings is 2. The Morgan fingerprint density at radius 1 is 0.414 bits per heavy atom. The first-order valence-corrected chi connectivity index (χ1v) is 39.2. The Balaban J connectivity index is 0.000000135. The zero-order valence-electron chi connectivity index (χ0n) is 63.3. The summed E-state index contributed by atoms with van der Waals surface area (Å²) >= 11 is 8.47. The fourth-order valence-corrected chi connectivity index (χ4v) is 14.4. The molecule has 1 amide bonds. The Kier molecular flexibility index (Phi) is 29.3. The largest absolute Gasteiger partial charge is 2.00 e. The molecule has 584 valence electrons. The van der Waals surface area contributed by atoms with Gasteiger partial charge in [-0.15, -0.1) is 0 Å². The molecule has 16 nitrogen and oxygen atoms in total. The molecule has 20 rings (SSSR count). The molecule has 116 heavy (non-hydrogen) atoms. The third kappa shape index (κ3) is 21.0. The number of amides is 1. The van der Waals surface area contributed by atoms with E-state index in [0.29, 0.717) is 120 Å². The monoisotopic (exact) mass is 1730 g/mol. The number of benzene rings is 9. The van der Waals surface area contributed by atoms with Gasteiger partial charge in [0.05, 0.1) is 45.9 Å². The number of Topliss-reactive ketones (excluding diaryl/α,β-unsaturated/α-hetero) is 6. The van der Waals surface area contributed by atoms with Crippen molar-refractivity contribution in [3.8, 4) is 34.5 Å². The van der Waals surface area contributed by atoms with Gasteiger partial charge in [-0.1, -0.05) is 180 Å². The number of hydrogen-bond donors (Lipinski definition) is 1. The van der Waals surface area contributed by atoms with Crippen molar-refractivity contribution in [3.05, 3.63) is 380 Å². The number of nitrogens with one attached hydrogen (secondary N) is 1. The molecule has 20 heteroatoms. The minimum Gasteiger partial charge on any atom is -0.472 e. The number of thiophene rings is 1. The van der Waals surface area contributed by atoms with E-state index in [1.54, 1.807) is 127 Å². The standard InChI is InChI=1S/C17H13NO3.C17H10O3.C15H8Br2O2.C14H14O2.C13H8O3.C13H8O2S.C5H10.2CH3.Fe/c1-11(19)18-13-8-6-12(7-9-13)10-16-17(20)14-4-2-3-5-15(14)21-16;18-17-13-6-2-4-8-15(13)20-16(17)10-12-9-11-5-1-3-7-14(11)19-12;16-10-5-6-12(17)9(7-10)8-14-15(18)11-3-1-2-4-13(11)19-14;15-14-11-7-3-4-8-12(11)16-13(14)9-10-5-1-2-6-10;14-13-10-3-1-2-4-11(10)16-12(13)7-9-5-6-15-8-9;14-13-10-3-1-2-4-11(10)15-12(13)7-9-5-6-16-8-9;1-2-4-5-3-1;;;/h2-10H,1H3,(H,18,19);1-10H;1-8H;3-4,7-10H,1-2,5-6H2;2*1-8H;1-5H2;2*1H3;/q;;;;;;;2*-1;+2/b2*16-10-;14-8-;13-9-;2*12-7-;;;;. The number of anilines is 1. The minimum atomic E-state index is -0.120. The Hall–Kier alpha value is -12.3. The van der Waals surface area contributed by atoms with Crippen molar-refractivity contribution in [1.82, 2.24) is 0 Å². The number of halogens is 2. The second-order valence-electron chi connectivity index (χ2n) is 26.7. The predicted octanol–water partition coefficient (Wildman–Crippen LogP) is 24.6. The maximum Gasteiger partial charge on any atom is 2.00 e. The van der Waals surface area contributed by atoms with Gasteiger partial charge in [-0.3, -0.25) is 33.6 Å². The van der Waals surface area contributed by atoms with Crippen LogP contribution in [-0.4, -0.2) is 40.6 Å². The van der Waals surface area contributed by atoms with Crippen LogP contribution in [0.15, 0.2) is 312 Å². The van der Waals surface area contributed by atoms with Gasteiger partial charge in [0, 0.05) is 38.6 Å². The van der Waals surface area contributed by atoms with Crippen LogP contribution in [0.25, 0.3) is 41.3 Å². The molecule has 2 aliphatic carbocycles. The predicted molar refractivity (Wildman–Crippen MR) is 456 cm³/mol. The van der Waals surface area contributed by atoms with Crippen LogP contribution in [0.2, 0.25) is 0 Å². The summed E-state index contributed by atoms with van der Waals surface area (Å²) in [5, 5.41) is 7.64. The number of rotatable bonds is 7. The Morgan fingerprint density at radius 3 is 1.22 bits per heavy atom. The summed E-state index contributed by atoms with van der Waals surface area (Å²) in [4.78, 5) is 83.3. The van der Waals surface area contributed by atoms with Crippen molar-refractivity contribution in [2.24, 2.45) is 5.92 Å². The zero-order valence-corrected chi connectivity index (χ0v) is 68.4. The number of para-hydroxylation sites is 7. The molecule has 1 N–H and O–H groups in total. The van der Waals surface area contributed by atoms with E-state index in [4.69, 9.17) is 37.3 Å². The summed E-state index contributed by atoms with van der Waals surface area (Å²) in [6.45, 7) is 1.46. The van der Waals surface area contributed by atoms with Gasteiger partial charge in [0.1, 0.15) is 45.8 Å². The first-order chi connectivity index (χ1) is 55.1. The molecule has 3 aromatic heterocycles. The van der Waals surface area contributed by atoms with Crippen molar-refractivity contribution in [2.75, 3.05) is 5.32 Å². The number of hydrogen-bond acceptors (Lipinski definition) is 16. The molecule has 0 saturated heterocycles. The molecule has 12 aromatic rings. The first-order valence-electron chi connectivity index (χ1n) is 36.7. The molecule has 9 aromatic carbocycles. The Morgan fingerprint density at radius 2 is 0.810 bits per heavy atom. The zero-order chi connectivity index (χ0) is 78.2. The van der Waals surface area contributed by atoms with Crippen molar-refractivity contribution in [3.63, 3.8) is 0 Å². The van der Waals surface area contributed by atoms with Gasteiger partial charge in [0.15, 0.2) is 34.6 Å². The van der Waals surface area contributed by atoms with Gasteiger partial charge < -0.3 is 57.4 Å². The fraction of sp³-hybridized carbons (Fsp3) is 0.115. The summed E-state index contributed by atoms with van der Waals surface area (Å²) in [6, 6.07) is 69.9. The van der Waals surface area contributed by atoms with E-state index in [0.717, 1.165) is 42.2 Å². The first kappa shape index (κ1) is 84.6. The van der Waals surface area contributed by atoms with E-state index in [-0.39, 0.29) is 72.5 Å². The van der Waals surface area contributed by atoms with Gasteiger partial charge in [-0.05, 0) is 204 Å². The number of allylic oxidation sites excluding steroid dienone is 7. The molecular formula is C96H77Br2FeNO15S. The van der Waals surface area contributed by atoms with E-state index < -0.39 is 0 Å². The molecule has 0 radical (unpaired) electrons. The van der Waals surface area contributed by atoms with Crippen LogP contribution in [0.3, 0.4) is 0 Å². The van der Waals surface area contributed by atoms with Crippen molar-refractivity contribution < 1.29 is 87.9 Å². The number of carbonyl (C=O) groups excluding carboxylic acids is 7. The second kappa shape index (κ2) is 40.1. The van der Waals surface area contributed by atoms with Crippen LogP contribution in [0.1, 0.15) is 155 Å². The quantitative estimate of drug-likeness (QED) is 0.0893. The van der Waals surface area contributed by atoms with E-state index >= 15 is 0 Å². The smallest absolute Gasteiger partial charge is 0.472 e. The molecule has 0 spiro atoms. The third-order valence-corrected chi connectivity index (χ3v) is 20.6. The molecular weight excluding hydrogens is 1650 g/mol. The third-order valence-electron chi connectivity index (χ3n) is 18.7. The maximum atomic E-state index is 12.2. The fourth-order valence-electron chi connectivity index (χ4n) is 13.1. The van der Waals surface area contributed by atoms with Crippen molar-refractivity contribution in [1.29, 1.82) is 0 Å². The minimum absolute atomic E-state index is 0. The van der Waals surface area contributed by atoms with Gasteiger partial charge in [-0.2, -0.15) is 11.3 Å². The van der Waals surface area contributed by atoms with Crippen LogP contribution in [-0.2, 0) is 21.9 Å². The topological polar surface area (TPSA) is 213 Å². The van der Waals surface area contributed by atoms with E-state index in [1.807, 2.05) is 175 Å². The summed E-state index contributed by atoms with van der Waals surface area (Å²) in [7, 11) is 0. The summed E-state index contributed by atoms with van der Waals surface area (Å²) in [6.07, 6.45) is 26.1. The molecule has 0 unspecified atom stereocenters. The summed E-state index contributed by atoms with van der Waals surface area (Å²) in [5.74, 6) is 6.63. The van der Waals surface area contributed by atoms with Crippen LogP contribution < -0.4 is 33.7 Å². The average molecular weight is 1730 g/mol. The van der Waals surface area contributed by atoms with Gasteiger partial charge >= 0.3 is 17.1 Å². The molecule has 2 saturated carbocycles. The number of fused-ring (bicyclic) bond motifs is 7. The average Bonchev–Trinajstić information content (AvgIpc) is 1.68. The van der Waals surface area contributed by atoms with Crippen LogP contribution in [0.4, 0.5) is 5.69 Å². The van der Waals surface area contributed by atoms with E-state index in [2.05, 4.69) is 37.2 Å². The van der Waals surface area contributed by atoms with Crippen LogP contribution >= 0.6 is 43.2 Å². The summed E-state index contributed by atoms with van der Waals surface area (Å²) in [5.41, 5.74) is 8.79. The molecule has 6 aliphatic heterocycles. The molecule has 9 heterocycles. The van der Waals surface area contributed by atoms with Gasteiger partial charge in [-0.25, -0.2) is 0 Å². The molecule has 8 aliphatic rings. The number of carbonyl (C=O) groups is 7. The van der Waals surface area contributed by atoms with Crippen molar-refractivity contribution >= 4 is 131 Å². The SMILES string of the molecule is C1CCCC1.CC(=O)Nc1ccc(/C=C2\Oc3ccccc3C2=O)cc1.O=C1/C(=C/C2CCCC2)Oc2ccccc21.O=C1/C(=C/c2cc(Br)ccc2Br)Oc2ccccc21.O=C1/C(=C/c2cc3ccccc3o2)Oc2ccccc21.O=C1/C(=C/c2ccoc2)Oc2ccccc21.O=C1/C(=C/c2ccsc2)Oc2ccccc21.[CH3-].[CH3-].[Fe+2]. The summed E-state index contributed by atoms with van der Waals surface area (Å²) < 4.78 is 45.7. The van der Waals surface area contributed by atoms with Crippen LogP contribution in [0.5, 0.6) is 34.5 Å².